The number of hydrogen-bond donors (Lipinski definition) is 0. The lowest BCUT2D eigenvalue weighted by Gasteiger charge is -2.11. The minimum Gasteiger partial charge on any atom is -0.493 e. The van der Waals surface area contributed by atoms with Gasteiger partial charge in [-0.15, -0.1) is 0 Å². The second-order valence-electron chi connectivity index (χ2n) is 4.00. The zero-order valence-electron chi connectivity index (χ0n) is 10.9. The summed E-state index contributed by atoms with van der Waals surface area (Å²) in [5.74, 6) is -0.998. The average Bonchev–Trinajstić information content (AvgIpc) is 2.49. The van der Waals surface area contributed by atoms with Crippen LogP contribution in [0.25, 0.3) is 0 Å². The van der Waals surface area contributed by atoms with Crippen molar-refractivity contribution in [2.45, 2.75) is 0 Å². The second-order valence-corrected chi connectivity index (χ2v) is 4.40. The molecule has 0 amide bonds. The second kappa shape index (κ2) is 6.25. The van der Waals surface area contributed by atoms with E-state index in [0.717, 1.165) is 12.1 Å². The van der Waals surface area contributed by atoms with Gasteiger partial charge in [0.1, 0.15) is 5.82 Å². The van der Waals surface area contributed by atoms with Gasteiger partial charge in [-0.05, 0) is 30.3 Å². The van der Waals surface area contributed by atoms with Gasteiger partial charge in [-0.1, -0.05) is 11.6 Å². The molecule has 0 N–H and O–H groups in total. The molecule has 106 valence electrons. The van der Waals surface area contributed by atoms with Crippen molar-refractivity contribution in [3.63, 3.8) is 0 Å². The first-order valence-corrected chi connectivity index (χ1v) is 6.18. The molecule has 2 aromatic rings. The number of benzene rings is 2. The van der Waals surface area contributed by atoms with E-state index in [2.05, 4.69) is 0 Å². The Bertz CT molecular complexity index is 723. The highest BCUT2D eigenvalue weighted by atomic mass is 35.5. The Morgan fingerprint density at radius 1 is 1.29 bits per heavy atom. The van der Waals surface area contributed by atoms with Gasteiger partial charge in [0.15, 0.2) is 11.5 Å². The molecule has 0 unspecified atom stereocenters. The maximum absolute atomic E-state index is 12.8. The fourth-order valence-corrected chi connectivity index (χ4v) is 1.87. The molecule has 0 fully saturated rings. The third kappa shape index (κ3) is 3.30. The van der Waals surface area contributed by atoms with Crippen molar-refractivity contribution in [1.82, 2.24) is 0 Å². The molecule has 0 radical (unpaired) electrons. The number of nitrogens with zero attached hydrogens (tertiary/aromatic N) is 1. The molecule has 2 aromatic carbocycles. The van der Waals surface area contributed by atoms with Crippen LogP contribution in [0, 0.1) is 17.1 Å². The molecule has 0 atom stereocenters. The van der Waals surface area contributed by atoms with Gasteiger partial charge in [0.05, 0.1) is 29.3 Å². The van der Waals surface area contributed by atoms with Crippen LogP contribution in [0.5, 0.6) is 11.5 Å². The summed E-state index contributed by atoms with van der Waals surface area (Å²) in [7, 11) is 1.36. The quantitative estimate of drug-likeness (QED) is 0.642. The third-order valence-electron chi connectivity index (χ3n) is 2.63. The van der Waals surface area contributed by atoms with E-state index < -0.39 is 11.8 Å². The smallest absolute Gasteiger partial charge is 0.343 e. The lowest BCUT2D eigenvalue weighted by molar-refractivity contribution is 0.0730. The molecule has 0 spiro atoms. The molecule has 0 saturated heterocycles. The van der Waals surface area contributed by atoms with Crippen molar-refractivity contribution in [1.29, 1.82) is 5.26 Å². The van der Waals surface area contributed by atoms with Crippen LogP contribution < -0.4 is 9.47 Å². The maximum Gasteiger partial charge on any atom is 0.343 e. The molecule has 0 aliphatic rings. The zero-order chi connectivity index (χ0) is 15.4. The van der Waals surface area contributed by atoms with Crippen molar-refractivity contribution in [2.75, 3.05) is 7.11 Å². The Morgan fingerprint density at radius 3 is 2.52 bits per heavy atom. The van der Waals surface area contributed by atoms with E-state index in [0.29, 0.717) is 0 Å². The van der Waals surface area contributed by atoms with Crippen LogP contribution >= 0.6 is 11.6 Å². The van der Waals surface area contributed by atoms with Crippen LogP contribution in [0.15, 0.2) is 36.4 Å². The van der Waals surface area contributed by atoms with E-state index in [1.165, 1.54) is 31.4 Å². The Hall–Kier alpha value is -2.58. The summed E-state index contributed by atoms with van der Waals surface area (Å²) < 4.78 is 23.0. The summed E-state index contributed by atoms with van der Waals surface area (Å²) >= 11 is 5.98. The van der Waals surface area contributed by atoms with Gasteiger partial charge < -0.3 is 9.47 Å². The molecule has 0 bridgehead atoms. The van der Waals surface area contributed by atoms with E-state index in [9.17, 15) is 9.18 Å². The minimum atomic E-state index is -0.708. The van der Waals surface area contributed by atoms with Gasteiger partial charge in [0.2, 0.25) is 0 Å². The summed E-state index contributed by atoms with van der Waals surface area (Å²) in [4.78, 5) is 12.0. The predicted molar refractivity (Wildman–Crippen MR) is 74.1 cm³/mol. The van der Waals surface area contributed by atoms with Gasteiger partial charge in [-0.3, -0.25) is 0 Å². The van der Waals surface area contributed by atoms with Crippen molar-refractivity contribution in [3.8, 4) is 17.6 Å². The third-order valence-corrected chi connectivity index (χ3v) is 2.91. The monoisotopic (exact) mass is 305 g/mol. The number of nitriles is 1. The first-order chi connectivity index (χ1) is 10.0. The van der Waals surface area contributed by atoms with Crippen LogP contribution in [0.4, 0.5) is 4.39 Å². The van der Waals surface area contributed by atoms with Gasteiger partial charge in [0, 0.05) is 6.07 Å². The number of esters is 1. The highest BCUT2D eigenvalue weighted by molar-refractivity contribution is 6.32. The van der Waals surface area contributed by atoms with Crippen molar-refractivity contribution < 1.29 is 18.7 Å². The molecular formula is C15H9ClFNO3. The van der Waals surface area contributed by atoms with Gasteiger partial charge in [-0.2, -0.15) is 5.26 Å². The summed E-state index contributed by atoms with van der Waals surface area (Å²) in [5.41, 5.74) is 0.442. The van der Waals surface area contributed by atoms with E-state index in [-0.39, 0.29) is 27.6 Å². The zero-order valence-corrected chi connectivity index (χ0v) is 11.6. The van der Waals surface area contributed by atoms with Crippen LogP contribution in [0.2, 0.25) is 5.02 Å². The standard InChI is InChI=1S/C15H9ClFNO3/c1-20-13-7-9(8-18)6-12(16)14(13)21-15(19)10-2-4-11(17)5-3-10/h2-7H,1H3. The molecule has 4 nitrogen and oxygen atoms in total. The summed E-state index contributed by atoms with van der Waals surface area (Å²) in [6, 6.07) is 9.56. The summed E-state index contributed by atoms with van der Waals surface area (Å²) in [6.45, 7) is 0. The highest BCUT2D eigenvalue weighted by Gasteiger charge is 2.17. The number of ether oxygens (including phenoxy) is 2. The highest BCUT2D eigenvalue weighted by Crippen LogP contribution is 2.36. The van der Waals surface area contributed by atoms with Crippen molar-refractivity contribution >= 4 is 17.6 Å². The molecule has 6 heteroatoms. The van der Waals surface area contributed by atoms with Crippen LogP contribution in [-0.4, -0.2) is 13.1 Å². The SMILES string of the molecule is COc1cc(C#N)cc(Cl)c1OC(=O)c1ccc(F)cc1. The van der Waals surface area contributed by atoms with Crippen molar-refractivity contribution in [3.05, 3.63) is 58.4 Å². The van der Waals surface area contributed by atoms with E-state index in [1.54, 1.807) is 0 Å². The Balaban J connectivity index is 2.33. The van der Waals surface area contributed by atoms with Gasteiger partial charge >= 0.3 is 5.97 Å². The largest absolute Gasteiger partial charge is 0.493 e. The summed E-state index contributed by atoms with van der Waals surface area (Å²) in [5, 5.41) is 8.92. The first-order valence-electron chi connectivity index (χ1n) is 5.80. The molecule has 0 aliphatic carbocycles. The molecule has 0 heterocycles. The predicted octanol–water partition coefficient (Wildman–Crippen LogP) is 3.58. The fourth-order valence-electron chi connectivity index (χ4n) is 1.62. The minimum absolute atomic E-state index is 0.00694. The number of halogens is 2. The summed E-state index contributed by atoms with van der Waals surface area (Å²) in [6.07, 6.45) is 0. The van der Waals surface area contributed by atoms with Crippen LogP contribution in [-0.2, 0) is 0 Å². The van der Waals surface area contributed by atoms with E-state index in [1.807, 2.05) is 6.07 Å². The lowest BCUT2D eigenvalue weighted by atomic mass is 10.2. The van der Waals surface area contributed by atoms with Gasteiger partial charge in [-0.25, -0.2) is 9.18 Å². The van der Waals surface area contributed by atoms with E-state index in [4.69, 9.17) is 26.3 Å². The molecule has 0 saturated carbocycles. The molecular weight excluding hydrogens is 297 g/mol. The number of carbonyl (C=O) groups is 1. The van der Waals surface area contributed by atoms with Crippen molar-refractivity contribution in [2.24, 2.45) is 0 Å². The molecule has 21 heavy (non-hydrogen) atoms. The Morgan fingerprint density at radius 2 is 1.95 bits per heavy atom. The fraction of sp³-hybridized carbons (Fsp3) is 0.0667. The van der Waals surface area contributed by atoms with Crippen LogP contribution in [0.3, 0.4) is 0 Å². The molecule has 2 rings (SSSR count). The normalized spacial score (nSPS) is 9.81. The molecule has 0 aliphatic heterocycles. The Labute approximate surface area is 125 Å². The number of rotatable bonds is 3. The lowest BCUT2D eigenvalue weighted by Crippen LogP contribution is -2.09. The number of carbonyl (C=O) groups excluding carboxylic acids is 1. The topological polar surface area (TPSA) is 59.3 Å². The average molecular weight is 306 g/mol. The number of hydrogen-bond acceptors (Lipinski definition) is 4. The number of methoxy groups -OCH3 is 1. The maximum atomic E-state index is 12.8. The van der Waals surface area contributed by atoms with Gasteiger partial charge in [0.25, 0.3) is 0 Å². The Kier molecular flexibility index (Phi) is 4.41. The molecule has 0 aromatic heterocycles. The van der Waals surface area contributed by atoms with Crippen LogP contribution in [0.1, 0.15) is 15.9 Å². The first kappa shape index (κ1) is 14.8. The van der Waals surface area contributed by atoms with E-state index >= 15 is 0 Å².